The maximum absolute atomic E-state index is 11.1. The zero-order valence-corrected chi connectivity index (χ0v) is 15.2. The minimum atomic E-state index is -1.49. The predicted octanol–water partition coefficient (Wildman–Crippen LogP) is 3.54. The molecule has 1 N–H and O–H groups in total. The van der Waals surface area contributed by atoms with Gasteiger partial charge in [0, 0.05) is 31.8 Å². The van der Waals surface area contributed by atoms with Crippen LogP contribution < -0.4 is 0 Å². The number of hydrogen-bond acceptors (Lipinski definition) is 5. The van der Waals surface area contributed by atoms with Gasteiger partial charge in [0.1, 0.15) is 12.0 Å². The van der Waals surface area contributed by atoms with Gasteiger partial charge in [0.2, 0.25) is 0 Å². The van der Waals surface area contributed by atoms with Crippen LogP contribution in [0.15, 0.2) is 48.2 Å². The number of hydrogen-bond donors (Lipinski definition) is 1. The van der Waals surface area contributed by atoms with Crippen LogP contribution in [-0.2, 0) is 19.0 Å². The molecule has 3 rings (SSSR count). The summed E-state index contributed by atoms with van der Waals surface area (Å²) in [5, 5.41) is 9.07. The van der Waals surface area contributed by atoms with Crippen molar-refractivity contribution in [2.75, 3.05) is 19.8 Å². The molecule has 0 aromatic carbocycles. The summed E-state index contributed by atoms with van der Waals surface area (Å²) in [5.41, 5.74) is 1.24. The van der Waals surface area contributed by atoms with Crippen LogP contribution in [0.3, 0.4) is 0 Å². The van der Waals surface area contributed by atoms with E-state index in [1.165, 1.54) is 12.5 Å². The molecule has 0 saturated carbocycles. The highest BCUT2D eigenvalue weighted by atomic mass is 16.7. The molecule has 2 heterocycles. The van der Waals surface area contributed by atoms with E-state index in [4.69, 9.17) is 19.3 Å². The third kappa shape index (κ3) is 4.77. The van der Waals surface area contributed by atoms with E-state index < -0.39 is 11.8 Å². The van der Waals surface area contributed by atoms with Gasteiger partial charge in [0.25, 0.3) is 5.79 Å². The summed E-state index contributed by atoms with van der Waals surface area (Å²) in [6, 6.07) is 0. The number of rotatable bonds is 7. The molecule has 0 aromatic heterocycles. The minimum absolute atomic E-state index is 0.257. The third-order valence-corrected chi connectivity index (χ3v) is 4.92. The Kier molecular flexibility index (Phi) is 6.16. The first-order chi connectivity index (χ1) is 12.6. The maximum atomic E-state index is 11.1. The molecular weight excluding hydrogens is 334 g/mol. The highest BCUT2D eigenvalue weighted by Crippen LogP contribution is 2.26. The van der Waals surface area contributed by atoms with E-state index in [2.05, 4.69) is 29.3 Å². The highest BCUT2D eigenvalue weighted by molar-refractivity contribution is 5.75. The first kappa shape index (κ1) is 18.7. The topological polar surface area (TPSA) is 68.2 Å². The lowest BCUT2D eigenvalue weighted by atomic mass is 10.0. The van der Waals surface area contributed by atoms with Gasteiger partial charge in [-0.3, -0.25) is 0 Å². The van der Waals surface area contributed by atoms with Crippen LogP contribution in [0.5, 0.6) is 0 Å². The van der Waals surface area contributed by atoms with E-state index in [1.807, 2.05) is 6.20 Å². The van der Waals surface area contributed by atoms with Crippen molar-refractivity contribution in [3.8, 4) is 0 Å². The standard InChI is InChI=1S/C20H27NO5/c1-20(19(22)23)25-14-16(15-26-20)7-5-6-10-21-11-12-24-18(13-21)17-8-3-2-4-9-17/h2-3,8,11-13,16H,4-7,9-10,14-15H2,1H3,(H,22,23). The lowest BCUT2D eigenvalue weighted by Gasteiger charge is -2.34. The lowest BCUT2D eigenvalue weighted by molar-refractivity contribution is -0.271. The van der Waals surface area contributed by atoms with Crippen molar-refractivity contribution in [2.24, 2.45) is 5.92 Å². The highest BCUT2D eigenvalue weighted by Gasteiger charge is 2.40. The Balaban J connectivity index is 1.37. The molecule has 3 aliphatic rings. The summed E-state index contributed by atoms with van der Waals surface area (Å²) in [6.07, 6.45) is 17.2. The first-order valence-corrected chi connectivity index (χ1v) is 9.25. The van der Waals surface area contributed by atoms with Crippen LogP contribution in [0.1, 0.15) is 39.0 Å². The molecule has 6 nitrogen and oxygen atoms in total. The second-order valence-corrected chi connectivity index (χ2v) is 7.03. The van der Waals surface area contributed by atoms with Crippen molar-refractivity contribution >= 4 is 5.97 Å². The lowest BCUT2D eigenvalue weighted by Crippen LogP contribution is -2.47. The number of carboxylic acids is 1. The van der Waals surface area contributed by atoms with E-state index in [-0.39, 0.29) is 5.92 Å². The van der Waals surface area contributed by atoms with Gasteiger partial charge in [-0.25, -0.2) is 4.79 Å². The molecular formula is C20H27NO5. The molecule has 0 atom stereocenters. The molecule has 0 radical (unpaired) electrons. The molecule has 1 saturated heterocycles. The van der Waals surface area contributed by atoms with Gasteiger partial charge >= 0.3 is 5.97 Å². The van der Waals surface area contributed by atoms with Gasteiger partial charge in [-0.15, -0.1) is 0 Å². The second kappa shape index (κ2) is 8.56. The van der Waals surface area contributed by atoms with Crippen molar-refractivity contribution in [2.45, 2.75) is 44.8 Å². The predicted molar refractivity (Wildman–Crippen MR) is 96.8 cm³/mol. The van der Waals surface area contributed by atoms with Crippen molar-refractivity contribution < 1.29 is 24.1 Å². The first-order valence-electron chi connectivity index (χ1n) is 9.25. The molecule has 26 heavy (non-hydrogen) atoms. The van der Waals surface area contributed by atoms with E-state index in [0.29, 0.717) is 13.2 Å². The van der Waals surface area contributed by atoms with E-state index in [0.717, 1.165) is 44.4 Å². The molecule has 0 aromatic rings. The van der Waals surface area contributed by atoms with Gasteiger partial charge < -0.3 is 24.2 Å². The smallest absolute Gasteiger partial charge is 0.364 e. The van der Waals surface area contributed by atoms with Crippen molar-refractivity contribution in [3.63, 3.8) is 0 Å². The van der Waals surface area contributed by atoms with E-state index >= 15 is 0 Å². The molecule has 6 heteroatoms. The van der Waals surface area contributed by atoms with Gasteiger partial charge in [-0.2, -0.15) is 0 Å². The molecule has 0 unspecified atom stereocenters. The van der Waals surface area contributed by atoms with Crippen LogP contribution >= 0.6 is 0 Å². The van der Waals surface area contributed by atoms with Crippen molar-refractivity contribution in [1.82, 2.24) is 4.90 Å². The Morgan fingerprint density at radius 3 is 2.85 bits per heavy atom. The third-order valence-electron chi connectivity index (χ3n) is 4.92. The number of carboxylic acid groups (broad SMARTS) is 1. The van der Waals surface area contributed by atoms with Gasteiger partial charge in [0.15, 0.2) is 0 Å². The van der Waals surface area contributed by atoms with Gasteiger partial charge in [0.05, 0.1) is 13.2 Å². The Bertz CT molecular complexity index is 626. The quantitative estimate of drug-likeness (QED) is 0.700. The number of aliphatic carboxylic acids is 1. The average molecular weight is 361 g/mol. The molecule has 0 bridgehead atoms. The Morgan fingerprint density at radius 2 is 2.15 bits per heavy atom. The monoisotopic (exact) mass is 361 g/mol. The van der Waals surface area contributed by atoms with E-state index in [1.54, 1.807) is 6.26 Å². The normalized spacial score (nSPS) is 28.3. The van der Waals surface area contributed by atoms with Crippen LogP contribution in [0.4, 0.5) is 0 Å². The van der Waals surface area contributed by atoms with Crippen LogP contribution in [0, 0.1) is 5.92 Å². The SMILES string of the molecule is CC1(C(=O)O)OCC(CCCCN2C=COC(C3=CC=CCC3)=C2)CO1. The van der Waals surface area contributed by atoms with Gasteiger partial charge in [-0.1, -0.05) is 24.6 Å². The fourth-order valence-corrected chi connectivity index (χ4v) is 3.17. The molecule has 0 spiro atoms. The largest absolute Gasteiger partial charge is 0.477 e. The van der Waals surface area contributed by atoms with Crippen LogP contribution in [0.25, 0.3) is 0 Å². The number of nitrogens with zero attached hydrogens (tertiary/aromatic N) is 1. The molecule has 2 aliphatic heterocycles. The molecule has 1 fully saturated rings. The molecule has 1 aliphatic carbocycles. The van der Waals surface area contributed by atoms with E-state index in [9.17, 15) is 4.79 Å². The Morgan fingerprint density at radius 1 is 1.35 bits per heavy atom. The minimum Gasteiger partial charge on any atom is -0.477 e. The van der Waals surface area contributed by atoms with Crippen LogP contribution in [0.2, 0.25) is 0 Å². The number of carbonyl (C=O) groups is 1. The summed E-state index contributed by atoms with van der Waals surface area (Å²) >= 11 is 0. The maximum Gasteiger partial charge on any atom is 0.364 e. The summed E-state index contributed by atoms with van der Waals surface area (Å²) in [4.78, 5) is 13.2. The van der Waals surface area contributed by atoms with Crippen molar-refractivity contribution in [1.29, 1.82) is 0 Å². The Labute approximate surface area is 154 Å². The van der Waals surface area contributed by atoms with Gasteiger partial charge in [-0.05, 0) is 31.3 Å². The zero-order chi connectivity index (χ0) is 18.4. The fourth-order valence-electron chi connectivity index (χ4n) is 3.17. The fraction of sp³-hybridized carbons (Fsp3) is 0.550. The average Bonchev–Trinajstić information content (AvgIpc) is 2.67. The summed E-state index contributed by atoms with van der Waals surface area (Å²) in [6.45, 7) is 3.25. The molecule has 142 valence electrons. The summed E-state index contributed by atoms with van der Waals surface area (Å²) in [5.74, 6) is -1.37. The van der Waals surface area contributed by atoms with Crippen LogP contribution in [-0.4, -0.2) is 41.5 Å². The summed E-state index contributed by atoms with van der Waals surface area (Å²) in [7, 11) is 0. The summed E-state index contributed by atoms with van der Waals surface area (Å²) < 4.78 is 16.4. The molecule has 0 amide bonds. The number of ether oxygens (including phenoxy) is 3. The Hall–Kier alpha value is -2.05. The number of unbranched alkanes of at least 4 members (excludes halogenated alkanes) is 1. The number of allylic oxidation sites excluding steroid dienone is 4. The second-order valence-electron chi connectivity index (χ2n) is 7.03. The zero-order valence-electron chi connectivity index (χ0n) is 15.2. The van der Waals surface area contributed by atoms with Crippen molar-refractivity contribution in [3.05, 3.63) is 48.2 Å².